The van der Waals surface area contributed by atoms with E-state index in [1.54, 1.807) is 0 Å². The van der Waals surface area contributed by atoms with Crippen molar-refractivity contribution in [3.8, 4) is 0 Å². The Morgan fingerprint density at radius 1 is 1.00 bits per heavy atom. The first-order valence-corrected chi connectivity index (χ1v) is 7.83. The third-order valence-electron chi connectivity index (χ3n) is 3.44. The number of fused-ring (bicyclic) bond motifs is 1. The lowest BCUT2D eigenvalue weighted by Crippen LogP contribution is -2.03. The Morgan fingerprint density at radius 3 is 2.61 bits per heavy atom. The molecule has 0 bridgehead atoms. The van der Waals surface area contributed by atoms with Gasteiger partial charge in [-0.1, -0.05) is 84.6 Å². The SMILES string of the molecule is CCCCCC(Br)Cc1cccc2ccccc12. The molecule has 0 aliphatic heterocycles. The van der Waals surface area contributed by atoms with Crippen LogP contribution < -0.4 is 0 Å². The maximum atomic E-state index is 3.83. The second kappa shape index (κ2) is 6.94. The number of unbranched alkanes of at least 4 members (excludes halogenated alkanes) is 2. The standard InChI is InChI=1S/C17H21Br/c1-2-3-4-11-16(18)13-15-10-7-9-14-8-5-6-12-17(14)15/h5-10,12,16H,2-4,11,13H2,1H3. The summed E-state index contributed by atoms with van der Waals surface area (Å²) >= 11 is 3.83. The lowest BCUT2D eigenvalue weighted by Gasteiger charge is -2.11. The molecular weight excluding hydrogens is 284 g/mol. The van der Waals surface area contributed by atoms with Crippen LogP contribution in [0.1, 0.15) is 38.2 Å². The summed E-state index contributed by atoms with van der Waals surface area (Å²) in [5, 5.41) is 2.75. The first-order valence-electron chi connectivity index (χ1n) is 6.92. The summed E-state index contributed by atoms with van der Waals surface area (Å²) < 4.78 is 0. The molecule has 1 heteroatoms. The molecule has 0 fully saturated rings. The fourth-order valence-corrected chi connectivity index (χ4v) is 3.10. The molecule has 0 aromatic heterocycles. The highest BCUT2D eigenvalue weighted by atomic mass is 79.9. The van der Waals surface area contributed by atoms with Crippen molar-refractivity contribution < 1.29 is 0 Å². The molecule has 0 amide bonds. The minimum absolute atomic E-state index is 0.606. The molecule has 0 heterocycles. The van der Waals surface area contributed by atoms with Gasteiger partial charge in [-0.15, -0.1) is 0 Å². The van der Waals surface area contributed by atoms with Crippen LogP contribution in [0.5, 0.6) is 0 Å². The van der Waals surface area contributed by atoms with Crippen molar-refractivity contribution >= 4 is 26.7 Å². The Balaban J connectivity index is 2.07. The van der Waals surface area contributed by atoms with E-state index < -0.39 is 0 Å². The van der Waals surface area contributed by atoms with Gasteiger partial charge in [-0.25, -0.2) is 0 Å². The first-order chi connectivity index (χ1) is 8.81. The van der Waals surface area contributed by atoms with Gasteiger partial charge in [-0.3, -0.25) is 0 Å². The molecule has 2 rings (SSSR count). The van der Waals surface area contributed by atoms with Crippen LogP contribution in [-0.4, -0.2) is 4.83 Å². The molecule has 0 N–H and O–H groups in total. The molecule has 0 aliphatic rings. The maximum Gasteiger partial charge on any atom is 0.0186 e. The summed E-state index contributed by atoms with van der Waals surface area (Å²) in [6, 6.07) is 15.3. The molecule has 2 aromatic rings. The van der Waals surface area contributed by atoms with Gasteiger partial charge < -0.3 is 0 Å². The fourth-order valence-electron chi connectivity index (χ4n) is 2.43. The molecule has 0 saturated heterocycles. The molecule has 2 aromatic carbocycles. The second-order valence-corrected chi connectivity index (χ2v) is 6.23. The smallest absolute Gasteiger partial charge is 0.0186 e. The Labute approximate surface area is 119 Å². The highest BCUT2D eigenvalue weighted by Gasteiger charge is 2.07. The van der Waals surface area contributed by atoms with Crippen LogP contribution >= 0.6 is 15.9 Å². The molecule has 0 aliphatic carbocycles. The van der Waals surface area contributed by atoms with Gasteiger partial charge in [0.25, 0.3) is 0 Å². The summed E-state index contributed by atoms with van der Waals surface area (Å²) in [6.45, 7) is 2.26. The van der Waals surface area contributed by atoms with Gasteiger partial charge in [0.2, 0.25) is 0 Å². The summed E-state index contributed by atoms with van der Waals surface area (Å²) in [5.41, 5.74) is 1.46. The zero-order chi connectivity index (χ0) is 12.8. The lowest BCUT2D eigenvalue weighted by atomic mass is 9.99. The third kappa shape index (κ3) is 3.58. The molecule has 0 spiro atoms. The van der Waals surface area contributed by atoms with Crippen LogP contribution in [0.2, 0.25) is 0 Å². The van der Waals surface area contributed by atoms with Crippen molar-refractivity contribution in [2.45, 2.75) is 43.9 Å². The Hall–Kier alpha value is -0.820. The van der Waals surface area contributed by atoms with Gasteiger partial charge in [0.05, 0.1) is 0 Å². The van der Waals surface area contributed by atoms with Crippen molar-refractivity contribution in [3.63, 3.8) is 0 Å². The number of hydrogen-bond donors (Lipinski definition) is 0. The van der Waals surface area contributed by atoms with Gasteiger partial charge in [0.15, 0.2) is 0 Å². The Morgan fingerprint density at radius 2 is 1.78 bits per heavy atom. The molecule has 1 atom stereocenters. The van der Waals surface area contributed by atoms with Crippen LogP contribution in [-0.2, 0) is 6.42 Å². The van der Waals surface area contributed by atoms with Crippen molar-refractivity contribution in [2.75, 3.05) is 0 Å². The number of benzene rings is 2. The Kier molecular flexibility index (Phi) is 5.25. The molecule has 1 unspecified atom stereocenters. The van der Waals surface area contributed by atoms with Crippen LogP contribution in [0.25, 0.3) is 10.8 Å². The van der Waals surface area contributed by atoms with Gasteiger partial charge >= 0.3 is 0 Å². The van der Waals surface area contributed by atoms with E-state index in [-0.39, 0.29) is 0 Å². The van der Waals surface area contributed by atoms with E-state index in [1.807, 2.05) is 0 Å². The predicted octanol–water partition coefficient (Wildman–Crippen LogP) is 5.73. The maximum absolute atomic E-state index is 3.83. The second-order valence-electron chi connectivity index (χ2n) is 4.94. The van der Waals surface area contributed by atoms with Gasteiger partial charge in [-0.2, -0.15) is 0 Å². The van der Waals surface area contributed by atoms with Gasteiger partial charge in [0, 0.05) is 4.83 Å². The summed E-state index contributed by atoms with van der Waals surface area (Å²) in [4.78, 5) is 0.606. The number of hydrogen-bond acceptors (Lipinski definition) is 0. The minimum atomic E-state index is 0.606. The highest BCUT2D eigenvalue weighted by Crippen LogP contribution is 2.23. The summed E-state index contributed by atoms with van der Waals surface area (Å²) in [6.07, 6.45) is 6.38. The molecule has 96 valence electrons. The van der Waals surface area contributed by atoms with E-state index in [0.29, 0.717) is 4.83 Å². The Bertz CT molecular complexity index is 484. The lowest BCUT2D eigenvalue weighted by molar-refractivity contribution is 0.649. The quantitative estimate of drug-likeness (QED) is 0.472. The monoisotopic (exact) mass is 304 g/mol. The van der Waals surface area contributed by atoms with E-state index in [9.17, 15) is 0 Å². The largest absolute Gasteiger partial charge is 0.0887 e. The number of alkyl halides is 1. The van der Waals surface area contributed by atoms with Crippen LogP contribution in [0, 0.1) is 0 Å². The molecule has 18 heavy (non-hydrogen) atoms. The van der Waals surface area contributed by atoms with Crippen molar-refractivity contribution in [3.05, 3.63) is 48.0 Å². The average molecular weight is 305 g/mol. The van der Waals surface area contributed by atoms with E-state index in [4.69, 9.17) is 0 Å². The molecule has 0 nitrogen and oxygen atoms in total. The van der Waals surface area contributed by atoms with Crippen LogP contribution in [0.15, 0.2) is 42.5 Å². The summed E-state index contributed by atoms with van der Waals surface area (Å²) in [5.74, 6) is 0. The van der Waals surface area contributed by atoms with E-state index in [1.165, 1.54) is 42.0 Å². The average Bonchev–Trinajstić information content (AvgIpc) is 2.39. The van der Waals surface area contributed by atoms with Gasteiger partial charge in [0.1, 0.15) is 0 Å². The normalized spacial score (nSPS) is 12.8. The number of halogens is 1. The first kappa shape index (κ1) is 13.6. The molecule has 0 saturated carbocycles. The minimum Gasteiger partial charge on any atom is -0.0887 e. The van der Waals surface area contributed by atoms with Crippen molar-refractivity contribution in [2.24, 2.45) is 0 Å². The van der Waals surface area contributed by atoms with Gasteiger partial charge in [-0.05, 0) is 29.2 Å². The highest BCUT2D eigenvalue weighted by molar-refractivity contribution is 9.09. The van der Waals surface area contributed by atoms with E-state index in [2.05, 4.69) is 65.3 Å². The van der Waals surface area contributed by atoms with Crippen molar-refractivity contribution in [1.82, 2.24) is 0 Å². The van der Waals surface area contributed by atoms with Crippen molar-refractivity contribution in [1.29, 1.82) is 0 Å². The number of rotatable bonds is 6. The van der Waals surface area contributed by atoms with Crippen LogP contribution in [0.3, 0.4) is 0 Å². The predicted molar refractivity (Wildman–Crippen MR) is 84.5 cm³/mol. The van der Waals surface area contributed by atoms with E-state index in [0.717, 1.165) is 6.42 Å². The molecule has 0 radical (unpaired) electrons. The fraction of sp³-hybridized carbons (Fsp3) is 0.412. The van der Waals surface area contributed by atoms with E-state index >= 15 is 0 Å². The zero-order valence-corrected chi connectivity index (χ0v) is 12.6. The molecular formula is C17H21Br. The topological polar surface area (TPSA) is 0 Å². The zero-order valence-electron chi connectivity index (χ0n) is 11.0. The summed E-state index contributed by atoms with van der Waals surface area (Å²) in [7, 11) is 0. The third-order valence-corrected chi connectivity index (χ3v) is 4.22. The van der Waals surface area contributed by atoms with Crippen LogP contribution in [0.4, 0.5) is 0 Å².